The van der Waals surface area contributed by atoms with Crippen LogP contribution in [0.15, 0.2) is 337 Å². The highest BCUT2D eigenvalue weighted by Crippen LogP contribution is 2.29. The number of carboxylic acid groups (broad SMARTS) is 1. The Kier molecular flexibility index (Phi) is 43.8. The van der Waals surface area contributed by atoms with Gasteiger partial charge in [-0.15, -0.1) is 0 Å². The number of sulfonamides is 2. The van der Waals surface area contributed by atoms with Crippen LogP contribution in [0.1, 0.15) is 162 Å². The lowest BCUT2D eigenvalue weighted by molar-refractivity contribution is -0.139. The van der Waals surface area contributed by atoms with Crippen LogP contribution in [0.5, 0.6) is 40.2 Å². The maximum atomic E-state index is 13.0. The topological polar surface area (TPSA) is 403 Å². The first-order valence-corrected chi connectivity index (χ1v) is 51.5. The molecule has 0 heterocycles. The van der Waals surface area contributed by atoms with Crippen LogP contribution in [0.2, 0.25) is 0 Å². The van der Waals surface area contributed by atoms with E-state index < -0.39 is 61.9 Å². The summed E-state index contributed by atoms with van der Waals surface area (Å²) >= 11 is 0. The molecule has 0 radical (unpaired) electrons. The van der Waals surface area contributed by atoms with Crippen molar-refractivity contribution in [3.05, 3.63) is 383 Å². The number of nitrogens with one attached hydrogen (secondary N) is 8. The minimum Gasteiger partial charge on any atom is -0.497 e. The Labute approximate surface area is 858 Å². The van der Waals surface area contributed by atoms with E-state index in [4.69, 9.17) is 33.2 Å². The van der Waals surface area contributed by atoms with Crippen LogP contribution in [-0.4, -0.2) is 127 Å². The van der Waals surface area contributed by atoms with E-state index in [1.807, 2.05) is 109 Å². The average molecular weight is 2030 g/mol. The molecule has 0 aromatic heterocycles. The number of benzene rings is 13. The molecule has 0 bridgehead atoms. The number of carbonyl (C=O) groups is 9. The minimum absolute atomic E-state index is 0.0777. The highest BCUT2D eigenvalue weighted by Gasteiger charge is 2.26. The smallest absolute Gasteiger partial charge is 0.326 e. The quantitative estimate of drug-likeness (QED) is 0.0160. The van der Waals surface area contributed by atoms with Gasteiger partial charge in [0.15, 0.2) is 11.6 Å². The van der Waals surface area contributed by atoms with Crippen molar-refractivity contribution < 1.29 is 98.3 Å². The molecular formula is C116H124N8O21S2. The van der Waals surface area contributed by atoms with Gasteiger partial charge in [0.25, 0.3) is 37.8 Å². The number of carboxylic acids is 1. The lowest BCUT2D eigenvalue weighted by Gasteiger charge is -2.17. The number of methoxy groups -OCH3 is 2. The first kappa shape index (κ1) is 111. The van der Waals surface area contributed by atoms with Gasteiger partial charge >= 0.3 is 5.97 Å². The van der Waals surface area contributed by atoms with Crippen LogP contribution in [0.3, 0.4) is 0 Å². The Morgan fingerprint density at radius 1 is 0.299 bits per heavy atom. The van der Waals surface area contributed by atoms with Crippen LogP contribution in [0, 0.1) is 0 Å². The molecule has 13 rings (SSSR count). The van der Waals surface area contributed by atoms with E-state index in [1.165, 1.54) is 88.8 Å². The maximum Gasteiger partial charge on any atom is 0.326 e. The summed E-state index contributed by atoms with van der Waals surface area (Å²) in [4.78, 5) is 113. The molecule has 31 heteroatoms. The number of ether oxygens (including phenoxy) is 7. The van der Waals surface area contributed by atoms with E-state index in [1.54, 1.807) is 196 Å². The van der Waals surface area contributed by atoms with Crippen molar-refractivity contribution in [1.82, 2.24) is 16.0 Å². The Balaban J connectivity index is 0.000000210. The lowest BCUT2D eigenvalue weighted by atomic mass is 10.0. The zero-order valence-electron chi connectivity index (χ0n) is 83.0. The molecule has 3 atom stereocenters. The Hall–Kier alpha value is -16.3. The van der Waals surface area contributed by atoms with Gasteiger partial charge in [-0.3, -0.25) is 47.8 Å². The summed E-state index contributed by atoms with van der Waals surface area (Å²) in [5.41, 5.74) is 9.09. The van der Waals surface area contributed by atoms with Gasteiger partial charge in [-0.2, -0.15) is 0 Å². The maximum absolute atomic E-state index is 13.0. The summed E-state index contributed by atoms with van der Waals surface area (Å²) in [6.07, 6.45) is 12.2. The predicted molar refractivity (Wildman–Crippen MR) is 568 cm³/mol. The summed E-state index contributed by atoms with van der Waals surface area (Å²) in [5.74, 6) is 0.830. The Morgan fingerprint density at radius 2 is 0.599 bits per heavy atom. The van der Waals surface area contributed by atoms with Crippen molar-refractivity contribution in [3.63, 3.8) is 0 Å². The van der Waals surface area contributed by atoms with Crippen LogP contribution in [-0.2, 0) is 98.9 Å². The summed E-state index contributed by atoms with van der Waals surface area (Å²) in [6, 6.07) is 90.3. The zero-order valence-corrected chi connectivity index (χ0v) is 84.6. The normalized spacial score (nSPS) is 11.5. The summed E-state index contributed by atoms with van der Waals surface area (Å²) in [5, 5.41) is 26.3. The molecule has 0 aliphatic rings. The lowest BCUT2D eigenvalue weighted by Crippen LogP contribution is -2.42. The highest BCUT2D eigenvalue weighted by molar-refractivity contribution is 7.93. The van der Waals surface area contributed by atoms with Crippen LogP contribution in [0.25, 0.3) is 0 Å². The van der Waals surface area contributed by atoms with Gasteiger partial charge in [-0.05, 0) is 285 Å². The van der Waals surface area contributed by atoms with Gasteiger partial charge in [0.05, 0.1) is 68.8 Å². The molecule has 13 aromatic rings. The fourth-order valence-corrected chi connectivity index (χ4v) is 17.0. The molecule has 766 valence electrons. The molecule has 0 saturated heterocycles. The number of hydrogen-bond acceptors (Lipinski definition) is 20. The summed E-state index contributed by atoms with van der Waals surface area (Å²) < 4.78 is 96.0. The monoisotopic (exact) mass is 2030 g/mol. The number of unbranched alkanes of at least 4 members (excludes halogenated alkanes) is 8. The van der Waals surface area contributed by atoms with E-state index >= 15 is 0 Å². The van der Waals surface area contributed by atoms with E-state index in [0.29, 0.717) is 106 Å². The number of ketones is 2. The van der Waals surface area contributed by atoms with Crippen LogP contribution < -0.4 is 69.8 Å². The Morgan fingerprint density at radius 3 is 0.959 bits per heavy atom. The number of carbonyl (C=O) groups excluding carboxylic acids is 8. The van der Waals surface area contributed by atoms with E-state index in [-0.39, 0.29) is 83.4 Å². The predicted octanol–water partition coefficient (Wildman–Crippen LogP) is 20.6. The van der Waals surface area contributed by atoms with Gasteiger partial charge in [-0.25, -0.2) is 21.6 Å². The average Bonchev–Trinajstić information content (AvgIpc) is 0.829. The molecule has 0 unspecified atom stereocenters. The van der Waals surface area contributed by atoms with Crippen molar-refractivity contribution in [3.8, 4) is 40.2 Å². The van der Waals surface area contributed by atoms with E-state index in [0.717, 1.165) is 64.8 Å². The molecule has 29 nitrogen and oxygen atoms in total. The van der Waals surface area contributed by atoms with Crippen molar-refractivity contribution in [2.75, 3.05) is 59.4 Å². The highest BCUT2D eigenvalue weighted by atomic mass is 32.2. The van der Waals surface area contributed by atoms with Gasteiger partial charge in [0.1, 0.15) is 59.5 Å². The first-order valence-electron chi connectivity index (χ1n) is 48.5. The third-order valence-corrected chi connectivity index (χ3v) is 25.9. The first-order chi connectivity index (χ1) is 71.0. The zero-order chi connectivity index (χ0) is 105. The molecule has 0 saturated carbocycles. The van der Waals surface area contributed by atoms with Gasteiger partial charge in [0, 0.05) is 51.5 Å². The molecule has 147 heavy (non-hydrogen) atoms. The molecule has 0 spiro atoms. The fourth-order valence-electron chi connectivity index (χ4n) is 14.9. The van der Waals surface area contributed by atoms with E-state index in [9.17, 15) is 65.1 Å². The third kappa shape index (κ3) is 38.4. The number of amides is 6. The SMILES string of the molecule is CCCCCCCOc1ccc(S(=O)(=O)Nc2ccc(C[C@H](NC(=O)c3ccc(NC(=O)COCc4ccccc4)cc3)C(C)=O)cc2)cc1.CCCCCCCOc1ccc(S(=O)(=O)Nc2ccc(C[C@H](NC(=O)c3ccc(NC(=O)Cc4ccc(OC)cc4)cc3)C(C)=O)cc2)cc1.COc1ccc(CC(=O)Nc2ccc(C(=O)N[C@@H](Cc3ccc(Oc4ccc(OCc5ccccc5)cc4)cc3)C(=O)O)cc2)cc1. The van der Waals surface area contributed by atoms with E-state index in [2.05, 4.69) is 55.2 Å². The number of Topliss-reactive ketones (excluding diaryl/α,β-unsaturated/α-hetero) is 2. The van der Waals surface area contributed by atoms with Gasteiger partial charge < -0.3 is 70.2 Å². The van der Waals surface area contributed by atoms with Crippen LogP contribution >= 0.6 is 0 Å². The van der Waals surface area contributed by atoms with Crippen molar-refractivity contribution in [2.45, 2.75) is 165 Å². The molecule has 0 aliphatic heterocycles. The van der Waals surface area contributed by atoms with Gasteiger partial charge in [0.2, 0.25) is 17.7 Å². The second-order valence-electron chi connectivity index (χ2n) is 34.7. The fraction of sp³-hybridized carbons (Fsp3) is 0.250. The van der Waals surface area contributed by atoms with Crippen molar-refractivity contribution in [2.24, 2.45) is 0 Å². The molecule has 9 N–H and O–H groups in total. The third-order valence-electron chi connectivity index (χ3n) is 23.1. The van der Waals surface area contributed by atoms with Crippen LogP contribution in [0.4, 0.5) is 28.4 Å². The molecule has 0 aliphatic carbocycles. The minimum atomic E-state index is -3.83. The number of aliphatic carboxylic acids is 1. The second-order valence-corrected chi connectivity index (χ2v) is 38.1. The molecular weight excluding hydrogens is 1910 g/mol. The Bertz CT molecular complexity index is 6640. The van der Waals surface area contributed by atoms with Crippen molar-refractivity contribution >= 4 is 101 Å². The summed E-state index contributed by atoms with van der Waals surface area (Å²) in [7, 11) is -4.51. The largest absolute Gasteiger partial charge is 0.497 e. The van der Waals surface area contributed by atoms with Gasteiger partial charge in [-0.1, -0.05) is 187 Å². The standard InChI is InChI=1S/2C39H45N3O7S.C38H34N2O7/c1-4-5-6-7-8-25-49-35-21-23-36(24-22-35)50(46,47)42-33-15-9-29(10-16-33)26-37(28(2)43)41-39(45)31-13-17-32(18-14-31)40-38(44)27-30-11-19-34(48-3)20-12-30;1-3-4-5-6-10-25-49-35-21-23-36(24-22-35)50(46,47)42-34-17-13-30(14-18-34)26-37(29(2)43)41-39(45)32-15-19-33(20-16-32)40-38(44)28-48-27-31-11-8-7-9-12-31;1-45-31-15-7-27(8-16-31)24-36(41)39-30-13-11-29(12-14-30)37(42)40-35(38(43)44)23-26-9-17-33(18-10-26)47-34-21-19-32(20-22-34)46-25-28-5-3-2-4-6-28/h9-24,37,42H,4-8,25-27H2,1-3H3,(H,40,44)(H,41,45);7-9,11-24,37,42H,3-6,10,25-28H2,1-2H3,(H,40,44)(H,41,45);2-22,35H,23-25H2,1H3,(H,39,41)(H,40,42)(H,43,44)/t2*37-;35-/m000/s1. The second kappa shape index (κ2) is 57.9. The number of anilines is 5. The molecule has 13 aromatic carbocycles. The number of rotatable bonds is 53. The van der Waals surface area contributed by atoms with Crippen molar-refractivity contribution in [1.29, 1.82) is 0 Å². The molecule has 6 amide bonds. The molecule has 0 fully saturated rings. The summed E-state index contributed by atoms with van der Waals surface area (Å²) in [6.45, 7) is 9.00. The number of hydrogen-bond donors (Lipinski definition) is 9.